The minimum Gasteiger partial charge on any atom is -0.369 e. The van der Waals surface area contributed by atoms with Crippen LogP contribution in [0.25, 0.3) is 0 Å². The maximum Gasteiger partial charge on any atom is 0.225 e. The van der Waals surface area contributed by atoms with Gasteiger partial charge in [-0.2, -0.15) is 0 Å². The molecular weight excluding hydrogens is 350 g/mol. The fourth-order valence-electron chi connectivity index (χ4n) is 3.83. The molecule has 2 aromatic rings. The van der Waals surface area contributed by atoms with Crippen LogP contribution in [0.1, 0.15) is 17.3 Å². The third kappa shape index (κ3) is 2.87. The van der Waals surface area contributed by atoms with Crippen molar-refractivity contribution in [1.82, 2.24) is 4.90 Å². The van der Waals surface area contributed by atoms with Gasteiger partial charge in [0.15, 0.2) is 6.17 Å². The van der Waals surface area contributed by atoms with Gasteiger partial charge in [0.2, 0.25) is 11.7 Å². The van der Waals surface area contributed by atoms with Gasteiger partial charge < -0.3 is 4.90 Å². The number of ketones is 1. The fourth-order valence-corrected chi connectivity index (χ4v) is 3.95. The molecule has 0 aliphatic carbocycles. The van der Waals surface area contributed by atoms with E-state index in [1.54, 1.807) is 11.0 Å². The van der Waals surface area contributed by atoms with Gasteiger partial charge in [-0.05, 0) is 36.4 Å². The highest BCUT2D eigenvalue weighted by Crippen LogP contribution is 2.34. The molecule has 2 aromatic carbocycles. The van der Waals surface area contributed by atoms with E-state index in [0.717, 1.165) is 42.6 Å². The number of carbonyl (C=O) groups excluding carboxylic acids is 2. The van der Waals surface area contributed by atoms with Crippen LogP contribution in [-0.4, -0.2) is 48.9 Å². The number of benzene rings is 2. The molecule has 0 bridgehead atoms. The van der Waals surface area contributed by atoms with Crippen molar-refractivity contribution in [2.75, 3.05) is 36.0 Å². The molecule has 26 heavy (non-hydrogen) atoms. The number of Topliss-reactive ketones (excluding diaryl/α,β-unsaturated/α-hetero) is 1. The summed E-state index contributed by atoms with van der Waals surface area (Å²) in [6.45, 7) is 4.56. The molecule has 2 aliphatic rings. The zero-order valence-electron chi connectivity index (χ0n) is 14.6. The van der Waals surface area contributed by atoms with Crippen molar-refractivity contribution < 1.29 is 9.59 Å². The first-order valence-corrected chi connectivity index (χ1v) is 9.11. The average molecular weight is 370 g/mol. The van der Waals surface area contributed by atoms with Gasteiger partial charge in [-0.3, -0.25) is 19.4 Å². The molecule has 1 fully saturated rings. The van der Waals surface area contributed by atoms with Crippen molar-refractivity contribution in [1.29, 1.82) is 0 Å². The number of hydrogen-bond donors (Lipinski definition) is 0. The van der Waals surface area contributed by atoms with Crippen molar-refractivity contribution >= 4 is 34.7 Å². The molecule has 6 heteroatoms. The molecule has 0 spiro atoms. The van der Waals surface area contributed by atoms with Gasteiger partial charge in [0.1, 0.15) is 0 Å². The molecule has 0 saturated carbocycles. The van der Waals surface area contributed by atoms with Crippen molar-refractivity contribution in [3.05, 3.63) is 59.1 Å². The second kappa shape index (κ2) is 6.74. The van der Waals surface area contributed by atoms with E-state index in [2.05, 4.69) is 9.80 Å². The van der Waals surface area contributed by atoms with E-state index in [-0.39, 0.29) is 11.7 Å². The Morgan fingerprint density at radius 1 is 1.00 bits per heavy atom. The van der Waals surface area contributed by atoms with Crippen LogP contribution in [0.4, 0.5) is 11.4 Å². The second-order valence-corrected chi connectivity index (χ2v) is 7.08. The van der Waals surface area contributed by atoms with Gasteiger partial charge in [0, 0.05) is 49.4 Å². The van der Waals surface area contributed by atoms with E-state index < -0.39 is 6.17 Å². The molecule has 0 N–H and O–H groups in total. The van der Waals surface area contributed by atoms with Crippen LogP contribution in [0.5, 0.6) is 0 Å². The lowest BCUT2D eigenvalue weighted by Crippen LogP contribution is -2.58. The van der Waals surface area contributed by atoms with Crippen LogP contribution in [0.2, 0.25) is 5.02 Å². The summed E-state index contributed by atoms with van der Waals surface area (Å²) in [5.41, 5.74) is 2.47. The number of nitrogens with zero attached hydrogens (tertiary/aromatic N) is 3. The topological polar surface area (TPSA) is 43.9 Å². The Hall–Kier alpha value is -2.37. The van der Waals surface area contributed by atoms with Crippen LogP contribution in [-0.2, 0) is 4.79 Å². The van der Waals surface area contributed by atoms with Crippen molar-refractivity contribution in [3.63, 3.8) is 0 Å². The minimum atomic E-state index is -0.530. The Kier molecular flexibility index (Phi) is 4.42. The molecule has 1 atom stereocenters. The highest BCUT2D eigenvalue weighted by Gasteiger charge is 2.43. The van der Waals surface area contributed by atoms with Gasteiger partial charge in [0.05, 0.1) is 5.69 Å². The maximum absolute atomic E-state index is 12.9. The first-order valence-electron chi connectivity index (χ1n) is 8.74. The summed E-state index contributed by atoms with van der Waals surface area (Å²) in [5.74, 6) is -0.0934. The number of hydrogen-bond acceptors (Lipinski definition) is 4. The Labute approximate surface area is 157 Å². The molecule has 0 aromatic heterocycles. The molecule has 1 amide bonds. The molecule has 0 radical (unpaired) electrons. The summed E-state index contributed by atoms with van der Waals surface area (Å²) >= 11 is 5.96. The second-order valence-electron chi connectivity index (χ2n) is 6.64. The van der Waals surface area contributed by atoms with Crippen LogP contribution in [0.15, 0.2) is 48.5 Å². The fraction of sp³-hybridized carbons (Fsp3) is 0.300. The summed E-state index contributed by atoms with van der Waals surface area (Å²) in [7, 11) is 0. The summed E-state index contributed by atoms with van der Waals surface area (Å²) in [4.78, 5) is 31.2. The van der Waals surface area contributed by atoms with Gasteiger partial charge in [-0.1, -0.05) is 23.7 Å². The molecule has 5 nitrogen and oxygen atoms in total. The summed E-state index contributed by atoms with van der Waals surface area (Å²) in [5, 5.41) is 0.721. The Morgan fingerprint density at radius 2 is 1.65 bits per heavy atom. The number of piperazine rings is 1. The highest BCUT2D eigenvalue weighted by atomic mass is 35.5. The van der Waals surface area contributed by atoms with Crippen LogP contribution >= 0.6 is 11.6 Å². The third-order valence-electron chi connectivity index (χ3n) is 5.10. The van der Waals surface area contributed by atoms with E-state index in [0.29, 0.717) is 5.56 Å². The van der Waals surface area contributed by atoms with Gasteiger partial charge in [0.25, 0.3) is 0 Å². The monoisotopic (exact) mass is 369 g/mol. The lowest BCUT2D eigenvalue weighted by Gasteiger charge is -2.40. The number of carbonyl (C=O) groups is 2. The summed E-state index contributed by atoms with van der Waals surface area (Å²) in [6.07, 6.45) is -0.530. The Balaban J connectivity index is 1.53. The SMILES string of the molecule is CC(=O)N1c2ccccc2C(=O)[C@@H]1N1CCN(c2ccc(Cl)cc2)CC1. The predicted molar refractivity (Wildman–Crippen MR) is 103 cm³/mol. The third-order valence-corrected chi connectivity index (χ3v) is 5.35. The highest BCUT2D eigenvalue weighted by molar-refractivity contribution is 6.30. The molecule has 0 unspecified atom stereocenters. The summed E-state index contributed by atoms with van der Waals surface area (Å²) < 4.78 is 0. The minimum absolute atomic E-state index is 0.00995. The predicted octanol–water partition coefficient (Wildman–Crippen LogP) is 3.04. The van der Waals surface area contributed by atoms with Crippen LogP contribution < -0.4 is 9.80 Å². The summed E-state index contributed by atoms with van der Waals surface area (Å²) in [6, 6.07) is 15.2. The standard InChI is InChI=1S/C20H20ClN3O2/c1-14(25)24-18-5-3-2-4-17(18)19(26)20(24)23-12-10-22(11-13-23)16-8-6-15(21)7-9-16/h2-9,20H,10-13H2,1H3/t20-/m1/s1. The van der Waals surface area contributed by atoms with Crippen molar-refractivity contribution in [2.45, 2.75) is 13.1 Å². The number of anilines is 2. The van der Waals surface area contributed by atoms with E-state index in [9.17, 15) is 9.59 Å². The van der Waals surface area contributed by atoms with E-state index in [4.69, 9.17) is 11.6 Å². The van der Waals surface area contributed by atoms with E-state index in [1.165, 1.54) is 6.92 Å². The number of para-hydroxylation sites is 1. The molecule has 2 aliphatic heterocycles. The molecule has 1 saturated heterocycles. The van der Waals surface area contributed by atoms with Gasteiger partial charge >= 0.3 is 0 Å². The molecular formula is C20H20ClN3O2. The number of rotatable bonds is 2. The maximum atomic E-state index is 12.9. The number of fused-ring (bicyclic) bond motifs is 1. The lowest BCUT2D eigenvalue weighted by atomic mass is 10.1. The Bertz CT molecular complexity index is 844. The zero-order valence-corrected chi connectivity index (χ0v) is 15.3. The first-order chi connectivity index (χ1) is 12.6. The molecule has 4 rings (SSSR count). The van der Waals surface area contributed by atoms with E-state index >= 15 is 0 Å². The van der Waals surface area contributed by atoms with Crippen molar-refractivity contribution in [3.8, 4) is 0 Å². The zero-order chi connectivity index (χ0) is 18.3. The average Bonchev–Trinajstić information content (AvgIpc) is 2.96. The van der Waals surface area contributed by atoms with Crippen LogP contribution in [0, 0.1) is 0 Å². The van der Waals surface area contributed by atoms with Gasteiger partial charge in [-0.15, -0.1) is 0 Å². The van der Waals surface area contributed by atoms with Crippen molar-refractivity contribution in [2.24, 2.45) is 0 Å². The molecule has 2 heterocycles. The largest absolute Gasteiger partial charge is 0.369 e. The number of halogens is 1. The smallest absolute Gasteiger partial charge is 0.225 e. The normalized spacial score (nSPS) is 20.4. The molecule has 134 valence electrons. The number of amides is 1. The van der Waals surface area contributed by atoms with Crippen LogP contribution in [0.3, 0.4) is 0 Å². The lowest BCUT2D eigenvalue weighted by molar-refractivity contribution is -0.117. The van der Waals surface area contributed by atoms with Gasteiger partial charge in [-0.25, -0.2) is 0 Å². The first kappa shape index (κ1) is 17.1. The quantitative estimate of drug-likeness (QED) is 0.816. The Morgan fingerprint density at radius 3 is 2.31 bits per heavy atom. The van der Waals surface area contributed by atoms with E-state index in [1.807, 2.05) is 42.5 Å².